The Kier molecular flexibility index (Phi) is 6.27. The molecule has 1 unspecified atom stereocenters. The van der Waals surface area contributed by atoms with Gasteiger partial charge in [-0.15, -0.1) is 11.3 Å². The quantitative estimate of drug-likeness (QED) is 0.418. The maximum atomic E-state index is 13.6. The molecule has 3 aromatic heterocycles. The fourth-order valence-corrected chi connectivity index (χ4v) is 5.42. The summed E-state index contributed by atoms with van der Waals surface area (Å²) in [4.78, 5) is 45.0. The number of thiophene rings is 1. The van der Waals surface area contributed by atoms with Gasteiger partial charge in [0.25, 0.3) is 5.56 Å². The Bertz CT molecular complexity index is 1530. The summed E-state index contributed by atoms with van der Waals surface area (Å²) in [7, 11) is 3.02. The third-order valence-electron chi connectivity index (χ3n) is 6.00. The highest BCUT2D eigenvalue weighted by molar-refractivity contribution is 7.25. The van der Waals surface area contributed by atoms with E-state index >= 15 is 0 Å². The number of aromatic nitrogens is 3. The third kappa shape index (κ3) is 4.28. The van der Waals surface area contributed by atoms with Crippen molar-refractivity contribution in [3.8, 4) is 11.5 Å². The van der Waals surface area contributed by atoms with Gasteiger partial charge in [-0.2, -0.15) is 0 Å². The molecule has 10 nitrogen and oxygen atoms in total. The Morgan fingerprint density at radius 2 is 2.09 bits per heavy atom. The average molecular weight is 497 g/mol. The Balaban J connectivity index is 1.60. The zero-order chi connectivity index (χ0) is 24.5. The van der Waals surface area contributed by atoms with Crippen molar-refractivity contribution in [2.75, 3.05) is 26.1 Å². The molecule has 1 aliphatic heterocycles. The summed E-state index contributed by atoms with van der Waals surface area (Å²) in [5.41, 5.74) is -0.140. The van der Waals surface area contributed by atoms with E-state index in [1.165, 1.54) is 34.7 Å². The van der Waals surface area contributed by atoms with Crippen LogP contribution in [0.5, 0.6) is 11.5 Å². The smallest absolute Gasteiger partial charge is 0.332 e. The van der Waals surface area contributed by atoms with Crippen LogP contribution in [0.1, 0.15) is 12.8 Å². The number of hydrogen-bond acceptors (Lipinski definition) is 8. The topological polar surface area (TPSA) is 114 Å². The summed E-state index contributed by atoms with van der Waals surface area (Å²) >= 11 is 1.21. The van der Waals surface area contributed by atoms with E-state index in [1.54, 1.807) is 36.5 Å². The van der Waals surface area contributed by atoms with E-state index in [2.05, 4.69) is 10.3 Å². The summed E-state index contributed by atoms with van der Waals surface area (Å²) < 4.78 is 19.1. The molecule has 35 heavy (non-hydrogen) atoms. The Labute approximate surface area is 203 Å². The van der Waals surface area contributed by atoms with E-state index in [9.17, 15) is 14.4 Å². The second kappa shape index (κ2) is 9.51. The van der Waals surface area contributed by atoms with Gasteiger partial charge in [0, 0.05) is 24.3 Å². The summed E-state index contributed by atoms with van der Waals surface area (Å²) in [5.74, 6) is 0.538. The normalized spacial score (nSPS) is 15.5. The molecule has 0 aliphatic carbocycles. The first-order valence-electron chi connectivity index (χ1n) is 11.1. The van der Waals surface area contributed by atoms with Gasteiger partial charge < -0.3 is 19.5 Å². The van der Waals surface area contributed by atoms with Crippen LogP contribution in [0, 0.1) is 0 Å². The Hall–Kier alpha value is -3.70. The van der Waals surface area contributed by atoms with Crippen molar-refractivity contribution in [3.63, 3.8) is 0 Å². The standard InChI is InChI=1S/C24H24N4O6S/c1-32-14-7-8-18(33-2)17(11-14)26-19(29)13-27-20-16-6-3-9-25-22(16)35-21(20)23(30)28(24(27)31)12-15-5-4-10-34-15/h3,6-9,11,15H,4-5,10,12-13H2,1-2H3,(H,26,29). The number of carbonyl (C=O) groups is 1. The van der Waals surface area contributed by atoms with Gasteiger partial charge in [-0.3, -0.25) is 18.7 Å². The first-order valence-corrected chi connectivity index (χ1v) is 12.0. The number of rotatable bonds is 7. The molecule has 1 atom stereocenters. The second-order valence-corrected chi connectivity index (χ2v) is 9.17. The lowest BCUT2D eigenvalue weighted by atomic mass is 10.2. The fraction of sp³-hybridized carbons (Fsp3) is 0.333. The van der Waals surface area contributed by atoms with Crippen LogP contribution in [-0.2, 0) is 22.6 Å². The molecule has 11 heteroatoms. The monoisotopic (exact) mass is 496 g/mol. The van der Waals surface area contributed by atoms with Crippen LogP contribution in [0.4, 0.5) is 5.69 Å². The molecule has 4 heterocycles. The van der Waals surface area contributed by atoms with Crippen molar-refractivity contribution in [1.82, 2.24) is 14.1 Å². The van der Waals surface area contributed by atoms with Crippen molar-refractivity contribution < 1.29 is 19.0 Å². The molecule has 1 aliphatic rings. The molecule has 1 aromatic carbocycles. The lowest BCUT2D eigenvalue weighted by molar-refractivity contribution is -0.116. The number of nitrogens with one attached hydrogen (secondary N) is 1. The SMILES string of the molecule is COc1ccc(OC)c(NC(=O)Cn2c(=O)n(CC3CCCO3)c(=O)c3sc4ncccc4c32)c1. The van der Waals surface area contributed by atoms with Gasteiger partial charge in [0.15, 0.2) is 0 Å². The number of carbonyl (C=O) groups excluding carboxylic acids is 1. The van der Waals surface area contributed by atoms with Gasteiger partial charge in [0.1, 0.15) is 27.6 Å². The predicted octanol–water partition coefficient (Wildman–Crippen LogP) is 2.61. The van der Waals surface area contributed by atoms with Gasteiger partial charge in [0.05, 0.1) is 38.1 Å². The van der Waals surface area contributed by atoms with E-state index in [-0.39, 0.29) is 19.2 Å². The molecule has 1 amide bonds. The van der Waals surface area contributed by atoms with Crippen molar-refractivity contribution in [3.05, 3.63) is 57.4 Å². The molecule has 0 saturated carbocycles. The van der Waals surface area contributed by atoms with Crippen molar-refractivity contribution >= 4 is 43.4 Å². The summed E-state index contributed by atoms with van der Waals surface area (Å²) in [6, 6.07) is 8.57. The van der Waals surface area contributed by atoms with Gasteiger partial charge in [-0.25, -0.2) is 9.78 Å². The molecule has 1 saturated heterocycles. The molecular formula is C24H24N4O6S. The largest absolute Gasteiger partial charge is 0.497 e. The Morgan fingerprint density at radius 1 is 1.23 bits per heavy atom. The minimum Gasteiger partial charge on any atom is -0.497 e. The van der Waals surface area contributed by atoms with Gasteiger partial charge in [-0.05, 0) is 37.1 Å². The third-order valence-corrected chi connectivity index (χ3v) is 7.09. The highest BCUT2D eigenvalue weighted by Crippen LogP contribution is 2.31. The van der Waals surface area contributed by atoms with Crippen LogP contribution in [0.25, 0.3) is 20.4 Å². The van der Waals surface area contributed by atoms with Gasteiger partial charge >= 0.3 is 5.69 Å². The zero-order valence-corrected chi connectivity index (χ0v) is 20.1. The van der Waals surface area contributed by atoms with Crippen LogP contribution in [-0.4, -0.2) is 47.0 Å². The highest BCUT2D eigenvalue weighted by atomic mass is 32.1. The minimum atomic E-state index is -0.561. The van der Waals surface area contributed by atoms with Gasteiger partial charge in [0.2, 0.25) is 5.91 Å². The Morgan fingerprint density at radius 3 is 2.83 bits per heavy atom. The maximum absolute atomic E-state index is 13.6. The number of pyridine rings is 1. The molecule has 0 radical (unpaired) electrons. The molecule has 0 spiro atoms. The van der Waals surface area contributed by atoms with E-state index in [1.807, 2.05) is 0 Å². The average Bonchev–Trinajstić information content (AvgIpc) is 3.52. The molecular weight excluding hydrogens is 472 g/mol. The molecule has 5 rings (SSSR count). The van der Waals surface area contributed by atoms with Gasteiger partial charge in [-0.1, -0.05) is 0 Å². The van der Waals surface area contributed by atoms with Crippen LogP contribution >= 0.6 is 11.3 Å². The van der Waals surface area contributed by atoms with Crippen molar-refractivity contribution in [2.24, 2.45) is 0 Å². The number of ether oxygens (including phenoxy) is 3. The first kappa shape index (κ1) is 23.1. The van der Waals surface area contributed by atoms with E-state index in [0.717, 1.165) is 12.8 Å². The molecule has 1 N–H and O–H groups in total. The molecule has 4 aromatic rings. The fourth-order valence-electron chi connectivity index (χ4n) is 4.33. The predicted molar refractivity (Wildman–Crippen MR) is 133 cm³/mol. The number of amides is 1. The van der Waals surface area contributed by atoms with E-state index in [4.69, 9.17) is 14.2 Å². The number of benzene rings is 1. The summed E-state index contributed by atoms with van der Waals surface area (Å²) in [5, 5.41) is 3.45. The lowest BCUT2D eigenvalue weighted by Gasteiger charge is -2.16. The van der Waals surface area contributed by atoms with Crippen molar-refractivity contribution in [1.29, 1.82) is 0 Å². The molecule has 0 bridgehead atoms. The molecule has 1 fully saturated rings. The van der Waals surface area contributed by atoms with Crippen LogP contribution in [0.3, 0.4) is 0 Å². The summed E-state index contributed by atoms with van der Waals surface area (Å²) in [6.07, 6.45) is 3.07. The van der Waals surface area contributed by atoms with Crippen LogP contribution in [0.2, 0.25) is 0 Å². The molecule has 182 valence electrons. The van der Waals surface area contributed by atoms with Crippen LogP contribution in [0.15, 0.2) is 46.1 Å². The lowest BCUT2D eigenvalue weighted by Crippen LogP contribution is -2.43. The van der Waals surface area contributed by atoms with E-state index in [0.29, 0.717) is 44.2 Å². The number of fused-ring (bicyclic) bond motifs is 3. The maximum Gasteiger partial charge on any atom is 0.332 e. The minimum absolute atomic E-state index is 0.139. The summed E-state index contributed by atoms with van der Waals surface area (Å²) in [6.45, 7) is 0.441. The first-order chi connectivity index (χ1) is 17.0. The highest BCUT2D eigenvalue weighted by Gasteiger charge is 2.24. The number of nitrogens with zero attached hydrogens (tertiary/aromatic N) is 3. The number of anilines is 1. The van der Waals surface area contributed by atoms with Crippen LogP contribution < -0.4 is 26.0 Å². The number of hydrogen-bond donors (Lipinski definition) is 1. The number of methoxy groups -OCH3 is 2. The second-order valence-electron chi connectivity index (χ2n) is 8.17. The van der Waals surface area contributed by atoms with Crippen molar-refractivity contribution in [2.45, 2.75) is 32.0 Å². The zero-order valence-electron chi connectivity index (χ0n) is 19.3. The van der Waals surface area contributed by atoms with E-state index < -0.39 is 17.2 Å².